The number of para-hydroxylation sites is 1. The fourth-order valence-electron chi connectivity index (χ4n) is 7.76. The van der Waals surface area contributed by atoms with E-state index >= 15 is 0 Å². The van der Waals surface area contributed by atoms with Gasteiger partial charge in [0.05, 0.1) is 0 Å². The standard InChI is InChI=1S/C51H31N3O2/c1-3-11-32(12-4-1)33-21-23-35(24-22-33)50-52-49(34-13-5-2-6-14-34)53-51(54-50)41-18-10-20-47-48(41)43-31-39(26-28-46(43)56-47)37-16-9-15-36(29-37)38-25-27-45-42(30-38)40-17-7-8-19-44(40)55-45/h1-31H. The second-order valence-corrected chi connectivity index (χ2v) is 14.0. The fourth-order valence-corrected chi connectivity index (χ4v) is 7.76. The lowest BCUT2D eigenvalue weighted by Gasteiger charge is -2.10. The molecule has 0 fully saturated rings. The molecule has 0 bridgehead atoms. The van der Waals surface area contributed by atoms with E-state index < -0.39 is 0 Å². The minimum absolute atomic E-state index is 0.587. The van der Waals surface area contributed by atoms with Crippen molar-refractivity contribution in [2.45, 2.75) is 0 Å². The number of hydrogen-bond donors (Lipinski definition) is 0. The van der Waals surface area contributed by atoms with Crippen molar-refractivity contribution < 1.29 is 8.83 Å². The van der Waals surface area contributed by atoms with Gasteiger partial charge in [-0.2, -0.15) is 0 Å². The lowest BCUT2D eigenvalue weighted by molar-refractivity contribution is 0.668. The number of rotatable bonds is 6. The van der Waals surface area contributed by atoms with Crippen LogP contribution in [-0.4, -0.2) is 15.0 Å². The van der Waals surface area contributed by atoms with Crippen LogP contribution in [0.2, 0.25) is 0 Å². The van der Waals surface area contributed by atoms with E-state index in [-0.39, 0.29) is 0 Å². The average molecular weight is 718 g/mol. The summed E-state index contributed by atoms with van der Waals surface area (Å²) in [5, 5.41) is 4.20. The zero-order valence-electron chi connectivity index (χ0n) is 30.1. The minimum atomic E-state index is 0.587. The van der Waals surface area contributed by atoms with Crippen LogP contribution in [-0.2, 0) is 0 Å². The molecule has 262 valence electrons. The summed E-state index contributed by atoms with van der Waals surface area (Å²) < 4.78 is 12.6. The van der Waals surface area contributed by atoms with E-state index in [2.05, 4.69) is 127 Å². The fraction of sp³-hybridized carbons (Fsp3) is 0. The van der Waals surface area contributed by atoms with Gasteiger partial charge in [-0.25, -0.2) is 15.0 Å². The van der Waals surface area contributed by atoms with Crippen molar-refractivity contribution in [3.63, 3.8) is 0 Å². The maximum Gasteiger partial charge on any atom is 0.164 e. The van der Waals surface area contributed by atoms with Crippen molar-refractivity contribution in [1.82, 2.24) is 15.0 Å². The Morgan fingerprint density at radius 3 is 1.45 bits per heavy atom. The highest BCUT2D eigenvalue weighted by Gasteiger charge is 2.19. The van der Waals surface area contributed by atoms with E-state index in [1.54, 1.807) is 0 Å². The Bertz CT molecular complexity index is 3240. The summed E-state index contributed by atoms with van der Waals surface area (Å²) in [5.41, 5.74) is 12.9. The molecule has 56 heavy (non-hydrogen) atoms. The Morgan fingerprint density at radius 1 is 0.268 bits per heavy atom. The first-order chi connectivity index (χ1) is 27.7. The lowest BCUT2D eigenvalue weighted by Crippen LogP contribution is -2.00. The highest BCUT2D eigenvalue weighted by molar-refractivity contribution is 6.13. The third kappa shape index (κ3) is 5.53. The van der Waals surface area contributed by atoms with Crippen LogP contribution in [0.25, 0.3) is 111 Å². The van der Waals surface area contributed by atoms with Gasteiger partial charge in [0.25, 0.3) is 0 Å². The van der Waals surface area contributed by atoms with Crippen LogP contribution >= 0.6 is 0 Å². The lowest BCUT2D eigenvalue weighted by atomic mass is 9.96. The zero-order valence-corrected chi connectivity index (χ0v) is 30.1. The zero-order chi connectivity index (χ0) is 37.0. The summed E-state index contributed by atoms with van der Waals surface area (Å²) >= 11 is 0. The van der Waals surface area contributed by atoms with Crippen molar-refractivity contribution >= 4 is 43.9 Å². The molecule has 3 aromatic heterocycles. The van der Waals surface area contributed by atoms with Crippen LogP contribution in [0.3, 0.4) is 0 Å². The predicted molar refractivity (Wildman–Crippen MR) is 227 cm³/mol. The van der Waals surface area contributed by atoms with E-state index in [1.807, 2.05) is 60.7 Å². The second-order valence-electron chi connectivity index (χ2n) is 14.0. The summed E-state index contributed by atoms with van der Waals surface area (Å²) in [4.78, 5) is 15.2. The summed E-state index contributed by atoms with van der Waals surface area (Å²) in [6.07, 6.45) is 0. The van der Waals surface area contributed by atoms with Crippen molar-refractivity contribution in [3.8, 4) is 67.5 Å². The van der Waals surface area contributed by atoms with Crippen LogP contribution in [0, 0.1) is 0 Å². The van der Waals surface area contributed by atoms with Crippen molar-refractivity contribution in [1.29, 1.82) is 0 Å². The predicted octanol–water partition coefficient (Wildman–Crippen LogP) is 13.7. The maximum absolute atomic E-state index is 6.47. The first kappa shape index (κ1) is 31.9. The van der Waals surface area contributed by atoms with Crippen LogP contribution in [0.4, 0.5) is 0 Å². The molecule has 8 aromatic carbocycles. The molecule has 5 nitrogen and oxygen atoms in total. The first-order valence-corrected chi connectivity index (χ1v) is 18.7. The van der Waals surface area contributed by atoms with Crippen LogP contribution in [0.5, 0.6) is 0 Å². The SMILES string of the molecule is c1ccc(-c2ccc(-c3nc(-c4ccccc4)nc(-c4cccc5oc6ccc(-c7cccc(-c8ccc9oc%10ccccc%10c9c8)c7)cc6c45)n3)cc2)cc1. The van der Waals surface area contributed by atoms with E-state index in [4.69, 9.17) is 23.8 Å². The Kier molecular flexibility index (Phi) is 7.42. The Hall–Kier alpha value is -7.63. The molecule has 0 spiro atoms. The van der Waals surface area contributed by atoms with Crippen LogP contribution < -0.4 is 0 Å². The number of benzene rings is 8. The van der Waals surface area contributed by atoms with E-state index in [1.165, 1.54) is 0 Å². The normalized spacial score (nSPS) is 11.6. The highest BCUT2D eigenvalue weighted by atomic mass is 16.3. The van der Waals surface area contributed by atoms with Gasteiger partial charge >= 0.3 is 0 Å². The van der Waals surface area contributed by atoms with Gasteiger partial charge in [0, 0.05) is 38.2 Å². The molecule has 0 amide bonds. The van der Waals surface area contributed by atoms with Gasteiger partial charge in [0.15, 0.2) is 17.5 Å². The number of aromatic nitrogens is 3. The van der Waals surface area contributed by atoms with Crippen LogP contribution in [0.1, 0.15) is 0 Å². The Labute approximate surface area is 322 Å². The molecule has 3 heterocycles. The topological polar surface area (TPSA) is 65.0 Å². The molecule has 0 N–H and O–H groups in total. The summed E-state index contributed by atoms with van der Waals surface area (Å²) in [5.74, 6) is 1.81. The quantitative estimate of drug-likeness (QED) is 0.171. The molecule has 5 heteroatoms. The van der Waals surface area contributed by atoms with E-state index in [0.29, 0.717) is 17.5 Å². The Morgan fingerprint density at radius 2 is 0.714 bits per heavy atom. The third-order valence-electron chi connectivity index (χ3n) is 10.6. The molecule has 0 aliphatic carbocycles. The summed E-state index contributed by atoms with van der Waals surface area (Å²) in [7, 11) is 0. The molecule has 0 atom stereocenters. The van der Waals surface area contributed by atoms with E-state index in [9.17, 15) is 0 Å². The monoisotopic (exact) mass is 717 g/mol. The van der Waals surface area contributed by atoms with Gasteiger partial charge in [-0.05, 0) is 75.8 Å². The maximum atomic E-state index is 6.47. The summed E-state index contributed by atoms with van der Waals surface area (Å²) in [6.45, 7) is 0. The van der Waals surface area contributed by atoms with Gasteiger partial charge in [0.2, 0.25) is 0 Å². The molecule has 0 radical (unpaired) electrons. The Balaban J connectivity index is 1.03. The van der Waals surface area contributed by atoms with E-state index in [0.717, 1.165) is 93.9 Å². The largest absolute Gasteiger partial charge is 0.456 e. The smallest absolute Gasteiger partial charge is 0.164 e. The molecule has 0 saturated carbocycles. The molecule has 0 unspecified atom stereocenters. The number of furan rings is 2. The number of fused-ring (bicyclic) bond motifs is 6. The van der Waals surface area contributed by atoms with Crippen LogP contribution in [0.15, 0.2) is 197 Å². The van der Waals surface area contributed by atoms with Crippen molar-refractivity contribution in [2.75, 3.05) is 0 Å². The first-order valence-electron chi connectivity index (χ1n) is 18.7. The van der Waals surface area contributed by atoms with Gasteiger partial charge in [-0.3, -0.25) is 0 Å². The molecule has 0 aliphatic heterocycles. The van der Waals surface area contributed by atoms with Crippen molar-refractivity contribution in [2.24, 2.45) is 0 Å². The number of nitrogens with zero attached hydrogens (tertiary/aromatic N) is 3. The number of hydrogen-bond acceptors (Lipinski definition) is 5. The second kappa shape index (κ2) is 13.0. The highest BCUT2D eigenvalue weighted by Crippen LogP contribution is 2.40. The van der Waals surface area contributed by atoms with Crippen molar-refractivity contribution in [3.05, 3.63) is 188 Å². The molecule has 11 rings (SSSR count). The van der Waals surface area contributed by atoms with Gasteiger partial charge in [0.1, 0.15) is 22.3 Å². The molecular formula is C51H31N3O2. The summed E-state index contributed by atoms with van der Waals surface area (Å²) in [6, 6.07) is 64.7. The minimum Gasteiger partial charge on any atom is -0.456 e. The third-order valence-corrected chi connectivity index (χ3v) is 10.6. The molecule has 11 aromatic rings. The molecular weight excluding hydrogens is 687 g/mol. The average Bonchev–Trinajstić information content (AvgIpc) is 3.85. The van der Waals surface area contributed by atoms with Gasteiger partial charge < -0.3 is 8.83 Å². The van der Waals surface area contributed by atoms with Gasteiger partial charge in [-0.1, -0.05) is 146 Å². The van der Waals surface area contributed by atoms with Gasteiger partial charge in [-0.15, -0.1) is 0 Å². The molecule has 0 saturated heterocycles. The molecule has 0 aliphatic rings.